The summed E-state index contributed by atoms with van der Waals surface area (Å²) in [5, 5.41) is 11.7. The van der Waals surface area contributed by atoms with Crippen molar-refractivity contribution in [2.45, 2.75) is 53.4 Å². The van der Waals surface area contributed by atoms with Crippen LogP contribution in [0.2, 0.25) is 0 Å². The van der Waals surface area contributed by atoms with Gasteiger partial charge in [-0.3, -0.25) is 9.59 Å². The van der Waals surface area contributed by atoms with Gasteiger partial charge in [-0.2, -0.15) is 0 Å². The molecule has 100 valence electrons. The van der Waals surface area contributed by atoms with Gasteiger partial charge in [0.05, 0.1) is 0 Å². The number of hydrogen-bond donors (Lipinski definition) is 2. The molecule has 2 N–H and O–H groups in total. The highest BCUT2D eigenvalue weighted by Crippen LogP contribution is 2.16. The van der Waals surface area contributed by atoms with Gasteiger partial charge in [0.2, 0.25) is 5.91 Å². The van der Waals surface area contributed by atoms with E-state index < -0.39 is 17.3 Å². The van der Waals surface area contributed by atoms with E-state index in [0.717, 1.165) is 25.7 Å². The molecule has 0 heterocycles. The maximum Gasteiger partial charge on any atom is 0.318 e. The molecule has 4 heteroatoms. The predicted molar refractivity (Wildman–Crippen MR) is 67.7 cm³/mol. The van der Waals surface area contributed by atoms with Crippen molar-refractivity contribution in [1.29, 1.82) is 0 Å². The summed E-state index contributed by atoms with van der Waals surface area (Å²) in [4.78, 5) is 22.6. The number of nitrogens with one attached hydrogen (secondary N) is 1. The second-order valence-electron chi connectivity index (χ2n) is 5.06. The fraction of sp³-hybridized carbons (Fsp3) is 0.846. The van der Waals surface area contributed by atoms with Crippen LogP contribution in [-0.2, 0) is 9.59 Å². The topological polar surface area (TPSA) is 66.4 Å². The Morgan fingerprint density at radius 3 is 2.29 bits per heavy atom. The average Bonchev–Trinajstić information content (AvgIpc) is 2.28. The summed E-state index contributed by atoms with van der Waals surface area (Å²) >= 11 is 0. The zero-order chi connectivity index (χ0) is 13.5. The number of aliphatic carboxylic acids is 1. The molecule has 0 rings (SSSR count). The van der Waals surface area contributed by atoms with E-state index in [2.05, 4.69) is 19.2 Å². The Hall–Kier alpha value is -1.06. The van der Waals surface area contributed by atoms with E-state index in [1.54, 1.807) is 0 Å². The van der Waals surface area contributed by atoms with E-state index in [0.29, 0.717) is 12.5 Å². The smallest absolute Gasteiger partial charge is 0.318 e. The first-order chi connectivity index (χ1) is 7.86. The Balaban J connectivity index is 4.17. The van der Waals surface area contributed by atoms with Gasteiger partial charge in [-0.15, -0.1) is 0 Å². The highest BCUT2D eigenvalue weighted by molar-refractivity contribution is 6.00. The fourth-order valence-electron chi connectivity index (χ4n) is 1.50. The van der Waals surface area contributed by atoms with Crippen molar-refractivity contribution in [2.75, 3.05) is 6.54 Å². The number of carboxylic acids is 1. The minimum atomic E-state index is -1.34. The molecule has 1 unspecified atom stereocenters. The first kappa shape index (κ1) is 15.9. The summed E-state index contributed by atoms with van der Waals surface area (Å²) < 4.78 is 0. The molecule has 0 aromatic carbocycles. The minimum absolute atomic E-state index is 0.403. The second-order valence-corrected chi connectivity index (χ2v) is 5.06. The van der Waals surface area contributed by atoms with Gasteiger partial charge in [0.25, 0.3) is 0 Å². The molecule has 1 amide bonds. The van der Waals surface area contributed by atoms with Gasteiger partial charge in [-0.1, -0.05) is 33.1 Å². The number of carbonyl (C=O) groups excluding carboxylic acids is 1. The molecule has 0 saturated heterocycles. The molecule has 0 bridgehead atoms. The average molecular weight is 243 g/mol. The van der Waals surface area contributed by atoms with Gasteiger partial charge in [0, 0.05) is 6.54 Å². The number of carboxylic acid groups (broad SMARTS) is 1. The summed E-state index contributed by atoms with van der Waals surface area (Å²) in [6.07, 6.45) is 4.39. The van der Waals surface area contributed by atoms with E-state index in [-0.39, 0.29) is 0 Å². The molecule has 0 aromatic heterocycles. The van der Waals surface area contributed by atoms with Gasteiger partial charge >= 0.3 is 5.97 Å². The van der Waals surface area contributed by atoms with Crippen molar-refractivity contribution in [3.63, 3.8) is 0 Å². The van der Waals surface area contributed by atoms with Crippen LogP contribution in [0.25, 0.3) is 0 Å². The molecule has 0 aromatic rings. The third kappa shape index (κ3) is 5.20. The molecule has 0 aliphatic heterocycles. The Bertz CT molecular complexity index is 261. The zero-order valence-corrected chi connectivity index (χ0v) is 11.4. The monoisotopic (exact) mass is 243 g/mol. The quantitative estimate of drug-likeness (QED) is 0.643. The Morgan fingerprint density at radius 2 is 1.88 bits per heavy atom. The Kier molecular flexibility index (Phi) is 6.85. The van der Waals surface area contributed by atoms with Crippen LogP contribution in [0.15, 0.2) is 0 Å². The minimum Gasteiger partial charge on any atom is -0.480 e. The third-order valence-electron chi connectivity index (χ3n) is 3.20. The molecule has 0 radical (unpaired) electrons. The highest BCUT2D eigenvalue weighted by Gasteiger charge is 2.35. The molecule has 0 aliphatic rings. The first-order valence-corrected chi connectivity index (χ1v) is 6.37. The van der Waals surface area contributed by atoms with Crippen LogP contribution < -0.4 is 5.32 Å². The SMILES string of the molecule is CCCCC(CC)CNC(=O)C(C)(C)C(=O)O. The van der Waals surface area contributed by atoms with Crippen molar-refractivity contribution in [3.05, 3.63) is 0 Å². The van der Waals surface area contributed by atoms with Crippen molar-refractivity contribution in [3.8, 4) is 0 Å². The van der Waals surface area contributed by atoms with Gasteiger partial charge in [-0.05, 0) is 26.2 Å². The van der Waals surface area contributed by atoms with Crippen LogP contribution in [0.3, 0.4) is 0 Å². The summed E-state index contributed by atoms with van der Waals surface area (Å²) in [6, 6.07) is 0. The highest BCUT2D eigenvalue weighted by atomic mass is 16.4. The van der Waals surface area contributed by atoms with Crippen LogP contribution in [-0.4, -0.2) is 23.5 Å². The van der Waals surface area contributed by atoms with Crippen molar-refractivity contribution in [1.82, 2.24) is 5.32 Å². The van der Waals surface area contributed by atoms with Gasteiger partial charge in [0.1, 0.15) is 5.41 Å². The number of amides is 1. The standard InChI is InChI=1S/C13H25NO3/c1-5-7-8-10(6-2)9-14-11(15)13(3,4)12(16)17/h10H,5-9H2,1-4H3,(H,14,15)(H,16,17). The lowest BCUT2D eigenvalue weighted by Gasteiger charge is -2.21. The molecule has 0 saturated carbocycles. The fourth-order valence-corrected chi connectivity index (χ4v) is 1.50. The zero-order valence-electron chi connectivity index (χ0n) is 11.4. The molecule has 1 atom stereocenters. The normalized spacial score (nSPS) is 13.2. The Morgan fingerprint density at radius 1 is 1.29 bits per heavy atom. The Labute approximate surface area is 104 Å². The van der Waals surface area contributed by atoms with E-state index in [9.17, 15) is 9.59 Å². The molecule has 0 fully saturated rings. The number of hydrogen-bond acceptors (Lipinski definition) is 2. The number of rotatable bonds is 8. The van der Waals surface area contributed by atoms with Gasteiger partial charge in [-0.25, -0.2) is 0 Å². The first-order valence-electron chi connectivity index (χ1n) is 6.37. The summed E-state index contributed by atoms with van der Waals surface area (Å²) in [5.41, 5.74) is -1.34. The number of carbonyl (C=O) groups is 2. The lowest BCUT2D eigenvalue weighted by Crippen LogP contribution is -2.43. The third-order valence-corrected chi connectivity index (χ3v) is 3.20. The maximum absolute atomic E-state index is 11.7. The summed E-state index contributed by atoms with van der Waals surface area (Å²) in [7, 11) is 0. The van der Waals surface area contributed by atoms with Crippen LogP contribution >= 0.6 is 0 Å². The molecule has 0 aliphatic carbocycles. The molecule has 0 spiro atoms. The van der Waals surface area contributed by atoms with Crippen LogP contribution in [0.5, 0.6) is 0 Å². The lowest BCUT2D eigenvalue weighted by molar-refractivity contribution is -0.153. The molecular formula is C13H25NO3. The van der Waals surface area contributed by atoms with Crippen LogP contribution in [0, 0.1) is 11.3 Å². The van der Waals surface area contributed by atoms with E-state index in [1.165, 1.54) is 13.8 Å². The summed E-state index contributed by atoms with van der Waals surface area (Å²) in [5.74, 6) is -1.04. The van der Waals surface area contributed by atoms with Crippen LogP contribution in [0.4, 0.5) is 0 Å². The van der Waals surface area contributed by atoms with E-state index in [1.807, 2.05) is 0 Å². The van der Waals surface area contributed by atoms with Crippen molar-refractivity contribution < 1.29 is 14.7 Å². The number of unbranched alkanes of at least 4 members (excludes halogenated alkanes) is 1. The predicted octanol–water partition coefficient (Wildman–Crippen LogP) is 2.43. The molecule has 4 nitrogen and oxygen atoms in total. The van der Waals surface area contributed by atoms with E-state index >= 15 is 0 Å². The van der Waals surface area contributed by atoms with Crippen molar-refractivity contribution >= 4 is 11.9 Å². The maximum atomic E-state index is 11.7. The summed E-state index contributed by atoms with van der Waals surface area (Å²) in [6.45, 7) is 7.66. The van der Waals surface area contributed by atoms with Gasteiger partial charge in [0.15, 0.2) is 0 Å². The second kappa shape index (κ2) is 7.30. The largest absolute Gasteiger partial charge is 0.480 e. The molecular weight excluding hydrogens is 218 g/mol. The lowest BCUT2D eigenvalue weighted by atomic mass is 9.92. The molecule has 17 heavy (non-hydrogen) atoms. The van der Waals surface area contributed by atoms with Gasteiger partial charge < -0.3 is 10.4 Å². The van der Waals surface area contributed by atoms with Crippen molar-refractivity contribution in [2.24, 2.45) is 11.3 Å². The van der Waals surface area contributed by atoms with E-state index in [4.69, 9.17) is 5.11 Å². The van der Waals surface area contributed by atoms with Crippen LogP contribution in [0.1, 0.15) is 53.4 Å².